The molecule has 0 saturated carbocycles. The van der Waals surface area contributed by atoms with Gasteiger partial charge >= 0.3 is 0 Å². The molecule has 0 unspecified atom stereocenters. The van der Waals surface area contributed by atoms with Crippen molar-refractivity contribution in [3.8, 4) is 0 Å². The van der Waals surface area contributed by atoms with E-state index in [-0.39, 0.29) is 5.44 Å². The van der Waals surface area contributed by atoms with Crippen molar-refractivity contribution in [2.45, 2.75) is 30.6 Å². The standard InChI is InChI=1S/C10H14OS/c1-3-10(11)12-9-6-4-5-8(2)7-9/h4-7,10-11H,3H2,1-2H3/t10-/m0/s1. The Hall–Kier alpha value is -0.470. The van der Waals surface area contributed by atoms with Gasteiger partial charge in [0.1, 0.15) is 5.44 Å². The van der Waals surface area contributed by atoms with Gasteiger partial charge < -0.3 is 5.11 Å². The summed E-state index contributed by atoms with van der Waals surface area (Å²) in [4.78, 5) is 1.14. The molecular formula is C10H14OS. The normalized spacial score (nSPS) is 12.9. The van der Waals surface area contributed by atoms with E-state index >= 15 is 0 Å². The van der Waals surface area contributed by atoms with Gasteiger partial charge in [0.05, 0.1) is 0 Å². The number of benzene rings is 1. The minimum Gasteiger partial charge on any atom is -0.382 e. The molecule has 0 bridgehead atoms. The van der Waals surface area contributed by atoms with Gasteiger partial charge in [0.25, 0.3) is 0 Å². The van der Waals surface area contributed by atoms with Gasteiger partial charge in [-0.1, -0.05) is 36.4 Å². The molecule has 0 amide bonds. The summed E-state index contributed by atoms with van der Waals surface area (Å²) < 4.78 is 0. The summed E-state index contributed by atoms with van der Waals surface area (Å²) in [6.45, 7) is 4.04. The van der Waals surface area contributed by atoms with Crippen molar-refractivity contribution >= 4 is 11.8 Å². The number of aliphatic hydroxyl groups is 1. The van der Waals surface area contributed by atoms with E-state index in [9.17, 15) is 5.11 Å². The zero-order valence-corrected chi connectivity index (χ0v) is 8.27. The Morgan fingerprint density at radius 3 is 2.83 bits per heavy atom. The lowest BCUT2D eigenvalue weighted by molar-refractivity contribution is 0.259. The van der Waals surface area contributed by atoms with Gasteiger partial charge in [0.15, 0.2) is 0 Å². The van der Waals surface area contributed by atoms with E-state index in [1.54, 1.807) is 0 Å². The van der Waals surface area contributed by atoms with E-state index in [2.05, 4.69) is 19.1 Å². The highest BCUT2D eigenvalue weighted by molar-refractivity contribution is 7.99. The quantitative estimate of drug-likeness (QED) is 0.573. The Bertz CT molecular complexity index is 247. The second-order valence-electron chi connectivity index (χ2n) is 2.80. The highest BCUT2D eigenvalue weighted by Gasteiger charge is 2.02. The molecule has 0 aliphatic heterocycles. The summed E-state index contributed by atoms with van der Waals surface area (Å²) in [6, 6.07) is 8.18. The van der Waals surface area contributed by atoms with Crippen LogP contribution in [0, 0.1) is 6.92 Å². The number of hydrogen-bond acceptors (Lipinski definition) is 2. The van der Waals surface area contributed by atoms with Gasteiger partial charge in [0, 0.05) is 4.90 Å². The van der Waals surface area contributed by atoms with Crippen LogP contribution in [0.15, 0.2) is 29.2 Å². The Kier molecular flexibility index (Phi) is 3.63. The van der Waals surface area contributed by atoms with E-state index < -0.39 is 0 Å². The first-order valence-electron chi connectivity index (χ1n) is 4.13. The van der Waals surface area contributed by atoms with Crippen LogP contribution in [0.25, 0.3) is 0 Å². The first-order valence-corrected chi connectivity index (χ1v) is 5.01. The number of hydrogen-bond donors (Lipinski definition) is 1. The maximum Gasteiger partial charge on any atom is 0.104 e. The first-order chi connectivity index (χ1) is 5.72. The van der Waals surface area contributed by atoms with Gasteiger partial charge in [-0.05, 0) is 25.5 Å². The fourth-order valence-corrected chi connectivity index (χ4v) is 1.82. The third-order valence-electron chi connectivity index (χ3n) is 1.61. The van der Waals surface area contributed by atoms with Crippen LogP contribution in [-0.2, 0) is 0 Å². The van der Waals surface area contributed by atoms with Crippen molar-refractivity contribution in [2.75, 3.05) is 0 Å². The summed E-state index contributed by atoms with van der Waals surface area (Å²) in [7, 11) is 0. The highest BCUT2D eigenvalue weighted by atomic mass is 32.2. The topological polar surface area (TPSA) is 20.2 Å². The minimum atomic E-state index is -0.271. The molecule has 0 saturated heterocycles. The zero-order valence-electron chi connectivity index (χ0n) is 7.45. The SMILES string of the molecule is CC[C@@H](O)Sc1cccc(C)c1. The molecule has 0 radical (unpaired) electrons. The Morgan fingerprint density at radius 1 is 1.50 bits per heavy atom. The van der Waals surface area contributed by atoms with Gasteiger partial charge in [-0.2, -0.15) is 0 Å². The summed E-state index contributed by atoms with van der Waals surface area (Å²) in [5.74, 6) is 0. The van der Waals surface area contributed by atoms with Crippen molar-refractivity contribution in [3.05, 3.63) is 29.8 Å². The van der Waals surface area contributed by atoms with E-state index in [4.69, 9.17) is 0 Å². The maximum atomic E-state index is 9.37. The monoisotopic (exact) mass is 182 g/mol. The molecule has 1 aromatic rings. The van der Waals surface area contributed by atoms with Gasteiger partial charge in [-0.25, -0.2) is 0 Å². The molecule has 0 aromatic heterocycles. The number of aryl methyl sites for hydroxylation is 1. The number of aliphatic hydroxyl groups excluding tert-OH is 1. The van der Waals surface area contributed by atoms with Crippen molar-refractivity contribution in [1.29, 1.82) is 0 Å². The van der Waals surface area contributed by atoms with Crippen LogP contribution in [0.4, 0.5) is 0 Å². The van der Waals surface area contributed by atoms with Gasteiger partial charge in [-0.15, -0.1) is 0 Å². The molecule has 0 spiro atoms. The first kappa shape index (κ1) is 9.62. The van der Waals surface area contributed by atoms with Crippen LogP contribution in [0.2, 0.25) is 0 Å². The molecule has 1 rings (SSSR count). The van der Waals surface area contributed by atoms with Gasteiger partial charge in [-0.3, -0.25) is 0 Å². The largest absolute Gasteiger partial charge is 0.382 e. The average Bonchev–Trinajstić information content (AvgIpc) is 2.04. The lowest BCUT2D eigenvalue weighted by Gasteiger charge is -2.06. The molecule has 66 valence electrons. The predicted octanol–water partition coefficient (Wildman–Crippen LogP) is 2.82. The highest BCUT2D eigenvalue weighted by Crippen LogP contribution is 2.23. The predicted molar refractivity (Wildman–Crippen MR) is 53.3 cm³/mol. The van der Waals surface area contributed by atoms with E-state index in [0.29, 0.717) is 0 Å². The average molecular weight is 182 g/mol. The fraction of sp³-hybridized carbons (Fsp3) is 0.400. The molecule has 1 N–H and O–H groups in total. The summed E-state index contributed by atoms with van der Waals surface area (Å²) in [5.41, 5.74) is 0.968. The second kappa shape index (κ2) is 4.53. The maximum absolute atomic E-state index is 9.37. The molecule has 2 heteroatoms. The van der Waals surface area contributed by atoms with Crippen LogP contribution in [-0.4, -0.2) is 10.5 Å². The fourth-order valence-electron chi connectivity index (χ4n) is 0.929. The lowest BCUT2D eigenvalue weighted by atomic mass is 10.2. The van der Waals surface area contributed by atoms with Crippen LogP contribution in [0.3, 0.4) is 0 Å². The van der Waals surface area contributed by atoms with Crippen LogP contribution >= 0.6 is 11.8 Å². The molecule has 0 aliphatic rings. The van der Waals surface area contributed by atoms with Crippen molar-refractivity contribution in [2.24, 2.45) is 0 Å². The Morgan fingerprint density at radius 2 is 2.25 bits per heavy atom. The summed E-state index contributed by atoms with van der Waals surface area (Å²) >= 11 is 1.51. The van der Waals surface area contributed by atoms with Crippen LogP contribution < -0.4 is 0 Å². The molecule has 1 aromatic carbocycles. The third kappa shape index (κ3) is 2.88. The van der Waals surface area contributed by atoms with Crippen molar-refractivity contribution in [3.63, 3.8) is 0 Å². The van der Waals surface area contributed by atoms with Crippen molar-refractivity contribution < 1.29 is 5.11 Å². The van der Waals surface area contributed by atoms with Crippen LogP contribution in [0.1, 0.15) is 18.9 Å². The molecule has 12 heavy (non-hydrogen) atoms. The third-order valence-corrected chi connectivity index (χ3v) is 2.74. The Labute approximate surface area is 77.8 Å². The zero-order chi connectivity index (χ0) is 8.97. The van der Waals surface area contributed by atoms with E-state index in [1.165, 1.54) is 17.3 Å². The summed E-state index contributed by atoms with van der Waals surface area (Å²) in [5, 5.41) is 9.37. The molecule has 0 aliphatic carbocycles. The molecule has 0 heterocycles. The van der Waals surface area contributed by atoms with E-state index in [0.717, 1.165) is 11.3 Å². The number of thioether (sulfide) groups is 1. The van der Waals surface area contributed by atoms with E-state index in [1.807, 2.05) is 19.1 Å². The molecular weight excluding hydrogens is 168 g/mol. The smallest absolute Gasteiger partial charge is 0.104 e. The molecule has 0 fully saturated rings. The summed E-state index contributed by atoms with van der Waals surface area (Å²) in [6.07, 6.45) is 0.790. The minimum absolute atomic E-state index is 0.271. The molecule has 1 nitrogen and oxygen atoms in total. The lowest BCUT2D eigenvalue weighted by Crippen LogP contribution is -1.96. The number of rotatable bonds is 3. The van der Waals surface area contributed by atoms with Crippen LogP contribution in [0.5, 0.6) is 0 Å². The molecule has 1 atom stereocenters. The van der Waals surface area contributed by atoms with Crippen molar-refractivity contribution in [1.82, 2.24) is 0 Å². The Balaban J connectivity index is 2.63. The second-order valence-corrected chi connectivity index (χ2v) is 4.05. The van der Waals surface area contributed by atoms with Gasteiger partial charge in [0.2, 0.25) is 0 Å².